The summed E-state index contributed by atoms with van der Waals surface area (Å²) in [7, 11) is 0. The molecule has 0 amide bonds. The van der Waals surface area contributed by atoms with Gasteiger partial charge in [0.05, 0.1) is 5.69 Å². The molecule has 1 aliphatic rings. The fraction of sp³-hybridized carbons (Fsp3) is 0.714. The van der Waals surface area contributed by atoms with Gasteiger partial charge in [-0.15, -0.1) is 0 Å². The molecule has 1 aromatic heterocycles. The average molecular weight is 249 g/mol. The van der Waals surface area contributed by atoms with E-state index >= 15 is 0 Å². The molecular formula is C14H23N3O. The molecule has 0 unspecified atom stereocenters. The van der Waals surface area contributed by atoms with Gasteiger partial charge in [0.15, 0.2) is 0 Å². The third kappa shape index (κ3) is 2.99. The largest absolute Gasteiger partial charge is 0.328 e. The van der Waals surface area contributed by atoms with Crippen molar-refractivity contribution in [2.75, 3.05) is 0 Å². The Kier molecular flexibility index (Phi) is 4.17. The highest BCUT2D eigenvalue weighted by molar-refractivity contribution is 5.83. The van der Waals surface area contributed by atoms with Gasteiger partial charge in [-0.1, -0.05) is 0 Å². The number of hydrogen-bond acceptors (Lipinski definition) is 3. The Morgan fingerprint density at radius 3 is 2.72 bits per heavy atom. The first kappa shape index (κ1) is 13.3. The van der Waals surface area contributed by atoms with Gasteiger partial charge in [0.1, 0.15) is 5.78 Å². The number of ketones is 1. The van der Waals surface area contributed by atoms with E-state index < -0.39 is 0 Å². The average Bonchev–Trinajstić information content (AvgIpc) is 2.70. The number of Topliss-reactive ketones (excluding diaryl/α,β-unsaturated/α-hetero) is 1. The number of carbonyl (C=O) groups excluding carboxylic acids is 1. The molecule has 0 saturated heterocycles. The van der Waals surface area contributed by atoms with Crippen LogP contribution in [0.4, 0.5) is 0 Å². The van der Waals surface area contributed by atoms with Crippen molar-refractivity contribution in [1.29, 1.82) is 0 Å². The van der Waals surface area contributed by atoms with Crippen molar-refractivity contribution in [3.05, 3.63) is 17.5 Å². The SMILES string of the molecule is CCn1nc(C)cc1CC(=O)C1CCC(N)CC1. The van der Waals surface area contributed by atoms with Gasteiger partial charge in [0, 0.05) is 30.6 Å². The van der Waals surface area contributed by atoms with Crippen molar-refractivity contribution in [1.82, 2.24) is 9.78 Å². The van der Waals surface area contributed by atoms with Gasteiger partial charge in [-0.3, -0.25) is 9.48 Å². The Balaban J connectivity index is 1.98. The van der Waals surface area contributed by atoms with Gasteiger partial charge in [-0.25, -0.2) is 0 Å². The third-order valence-electron chi connectivity index (χ3n) is 3.87. The van der Waals surface area contributed by atoms with Crippen LogP contribution in [-0.4, -0.2) is 21.6 Å². The summed E-state index contributed by atoms with van der Waals surface area (Å²) in [4.78, 5) is 12.3. The van der Waals surface area contributed by atoms with Gasteiger partial charge in [0.2, 0.25) is 0 Å². The molecule has 0 bridgehead atoms. The third-order valence-corrected chi connectivity index (χ3v) is 3.87. The molecule has 1 fully saturated rings. The zero-order chi connectivity index (χ0) is 13.1. The second-order valence-corrected chi connectivity index (χ2v) is 5.35. The Bertz CT molecular complexity index is 417. The van der Waals surface area contributed by atoms with E-state index in [0.717, 1.165) is 43.6 Å². The fourth-order valence-corrected chi connectivity index (χ4v) is 2.78. The summed E-state index contributed by atoms with van der Waals surface area (Å²) in [5, 5.41) is 4.38. The maximum Gasteiger partial charge on any atom is 0.141 e. The zero-order valence-electron chi connectivity index (χ0n) is 11.4. The minimum absolute atomic E-state index is 0.213. The maximum absolute atomic E-state index is 12.3. The first-order valence-corrected chi connectivity index (χ1v) is 6.91. The Morgan fingerprint density at radius 1 is 1.44 bits per heavy atom. The van der Waals surface area contributed by atoms with Crippen LogP contribution in [0.25, 0.3) is 0 Å². The summed E-state index contributed by atoms with van der Waals surface area (Å²) in [5.74, 6) is 0.571. The summed E-state index contributed by atoms with van der Waals surface area (Å²) < 4.78 is 1.93. The van der Waals surface area contributed by atoms with Gasteiger partial charge in [-0.05, 0) is 45.6 Å². The highest BCUT2D eigenvalue weighted by Gasteiger charge is 2.25. The van der Waals surface area contributed by atoms with Crippen molar-refractivity contribution >= 4 is 5.78 Å². The molecule has 4 nitrogen and oxygen atoms in total. The second kappa shape index (κ2) is 5.65. The Labute approximate surface area is 109 Å². The Hall–Kier alpha value is -1.16. The molecule has 1 heterocycles. The van der Waals surface area contributed by atoms with E-state index in [1.54, 1.807) is 0 Å². The minimum atomic E-state index is 0.213. The molecule has 0 atom stereocenters. The molecule has 0 radical (unpaired) electrons. The van der Waals surface area contributed by atoms with Gasteiger partial charge >= 0.3 is 0 Å². The van der Waals surface area contributed by atoms with Crippen LogP contribution < -0.4 is 5.73 Å². The maximum atomic E-state index is 12.3. The molecule has 0 aliphatic heterocycles. The van der Waals surface area contributed by atoms with Crippen LogP contribution >= 0.6 is 0 Å². The molecule has 18 heavy (non-hydrogen) atoms. The van der Waals surface area contributed by atoms with Crippen molar-refractivity contribution in [3.63, 3.8) is 0 Å². The van der Waals surface area contributed by atoms with Gasteiger partial charge in [0.25, 0.3) is 0 Å². The van der Waals surface area contributed by atoms with Crippen molar-refractivity contribution in [2.45, 2.75) is 58.5 Å². The lowest BCUT2D eigenvalue weighted by Gasteiger charge is -2.24. The van der Waals surface area contributed by atoms with E-state index in [4.69, 9.17) is 5.73 Å². The molecule has 2 N–H and O–H groups in total. The number of nitrogens with zero attached hydrogens (tertiary/aromatic N) is 2. The molecule has 2 rings (SSSR count). The van der Waals surface area contributed by atoms with Crippen LogP contribution in [0.3, 0.4) is 0 Å². The first-order valence-electron chi connectivity index (χ1n) is 6.91. The first-order chi connectivity index (χ1) is 8.60. The molecular weight excluding hydrogens is 226 g/mol. The predicted molar refractivity (Wildman–Crippen MR) is 71.3 cm³/mol. The van der Waals surface area contributed by atoms with Crippen molar-refractivity contribution in [3.8, 4) is 0 Å². The highest BCUT2D eigenvalue weighted by Crippen LogP contribution is 2.25. The quantitative estimate of drug-likeness (QED) is 0.885. The number of aromatic nitrogens is 2. The van der Waals surface area contributed by atoms with Crippen LogP contribution in [0.5, 0.6) is 0 Å². The second-order valence-electron chi connectivity index (χ2n) is 5.35. The summed E-state index contributed by atoms with van der Waals surface area (Å²) in [5.41, 5.74) is 7.92. The van der Waals surface area contributed by atoms with E-state index in [1.165, 1.54) is 0 Å². The van der Waals surface area contributed by atoms with Crippen LogP contribution in [0.15, 0.2) is 6.07 Å². The highest BCUT2D eigenvalue weighted by atomic mass is 16.1. The monoisotopic (exact) mass is 249 g/mol. The van der Waals surface area contributed by atoms with E-state index in [1.807, 2.05) is 17.7 Å². The lowest BCUT2D eigenvalue weighted by Crippen LogP contribution is -2.30. The van der Waals surface area contributed by atoms with Crippen LogP contribution in [0.1, 0.15) is 44.0 Å². The summed E-state index contributed by atoms with van der Waals surface area (Å²) in [6.45, 7) is 4.85. The molecule has 0 spiro atoms. The smallest absolute Gasteiger partial charge is 0.141 e. The topological polar surface area (TPSA) is 60.9 Å². The minimum Gasteiger partial charge on any atom is -0.328 e. The van der Waals surface area contributed by atoms with Crippen LogP contribution in [0.2, 0.25) is 0 Å². The normalized spacial score (nSPS) is 24.2. The van der Waals surface area contributed by atoms with Crippen LogP contribution in [-0.2, 0) is 17.8 Å². The van der Waals surface area contributed by atoms with Crippen LogP contribution in [0, 0.1) is 12.8 Å². The predicted octanol–water partition coefficient (Wildman–Crippen LogP) is 1.84. The number of aryl methyl sites for hydroxylation is 2. The Morgan fingerprint density at radius 2 is 2.11 bits per heavy atom. The van der Waals surface area contributed by atoms with Crippen molar-refractivity contribution < 1.29 is 4.79 Å². The molecule has 0 aromatic carbocycles. The lowest BCUT2D eigenvalue weighted by atomic mass is 9.82. The number of rotatable bonds is 4. The molecule has 4 heteroatoms. The molecule has 1 saturated carbocycles. The lowest BCUT2D eigenvalue weighted by molar-refractivity contribution is -0.123. The summed E-state index contributed by atoms with van der Waals surface area (Å²) >= 11 is 0. The van der Waals surface area contributed by atoms with Gasteiger partial charge < -0.3 is 5.73 Å². The summed E-state index contributed by atoms with van der Waals surface area (Å²) in [6, 6.07) is 2.33. The van der Waals surface area contributed by atoms with E-state index in [9.17, 15) is 4.79 Å². The number of carbonyl (C=O) groups is 1. The van der Waals surface area contributed by atoms with Gasteiger partial charge in [-0.2, -0.15) is 5.10 Å². The van der Waals surface area contributed by atoms with E-state index in [-0.39, 0.29) is 5.92 Å². The number of hydrogen-bond donors (Lipinski definition) is 1. The van der Waals surface area contributed by atoms with Crippen molar-refractivity contribution in [2.24, 2.45) is 11.7 Å². The molecule has 1 aliphatic carbocycles. The number of nitrogens with two attached hydrogens (primary N) is 1. The molecule has 1 aromatic rings. The summed E-state index contributed by atoms with van der Waals surface area (Å²) in [6.07, 6.45) is 4.41. The zero-order valence-corrected chi connectivity index (χ0v) is 11.4. The van der Waals surface area contributed by atoms with E-state index in [0.29, 0.717) is 18.2 Å². The molecule has 100 valence electrons. The standard InChI is InChI=1S/C14H23N3O/c1-3-17-13(8-10(2)16-17)9-14(18)11-4-6-12(15)7-5-11/h8,11-12H,3-7,9,15H2,1-2H3. The van der Waals surface area contributed by atoms with E-state index in [2.05, 4.69) is 12.0 Å². The fourth-order valence-electron chi connectivity index (χ4n) is 2.78.